The van der Waals surface area contributed by atoms with Crippen LogP contribution in [0.2, 0.25) is 0 Å². The molecule has 2 aromatic heterocycles. The second kappa shape index (κ2) is 9.30. The minimum absolute atomic E-state index is 0. The van der Waals surface area contributed by atoms with Gasteiger partial charge in [0.15, 0.2) is 5.76 Å². The number of carbonyl (C=O) groups excluding carboxylic acids is 2. The minimum Gasteiger partial charge on any atom is -0.545 e. The maximum atomic E-state index is 12.3. The van der Waals surface area contributed by atoms with Crippen LogP contribution >= 0.6 is 0 Å². The van der Waals surface area contributed by atoms with Crippen LogP contribution < -0.4 is 44.7 Å². The second-order valence-corrected chi connectivity index (χ2v) is 9.58. The first-order chi connectivity index (χ1) is 16.1. The number of carboxylic acid groups (broad SMARTS) is 1. The molecule has 1 amide bonds. The molecule has 174 valence electrons. The number of piperidine rings is 1. The molecule has 35 heavy (non-hydrogen) atoms. The molecule has 0 radical (unpaired) electrons. The van der Waals surface area contributed by atoms with Crippen LogP contribution in [0.25, 0.3) is 33.3 Å². The third-order valence-corrected chi connectivity index (χ3v) is 6.34. The summed E-state index contributed by atoms with van der Waals surface area (Å²) in [5, 5.41) is 16.5. The van der Waals surface area contributed by atoms with E-state index in [1.165, 1.54) is 6.07 Å². The number of rotatable bonds is 4. The first kappa shape index (κ1) is 25.2. The van der Waals surface area contributed by atoms with E-state index in [1.807, 2.05) is 58.0 Å². The molecular weight excluding hydrogens is 455 g/mol. The Bertz CT molecular complexity index is 1470. The Balaban J connectivity index is 0.00000289. The van der Waals surface area contributed by atoms with E-state index in [4.69, 9.17) is 14.1 Å². The Morgan fingerprint density at radius 2 is 1.94 bits per heavy atom. The summed E-state index contributed by atoms with van der Waals surface area (Å²) < 4.78 is 12.3. The van der Waals surface area contributed by atoms with Crippen LogP contribution in [0.15, 0.2) is 46.9 Å². The monoisotopic (exact) mass is 480 g/mol. The van der Waals surface area contributed by atoms with Gasteiger partial charge in [-0.1, -0.05) is 24.3 Å². The number of aromatic carboxylic acids is 1. The third-order valence-electron chi connectivity index (χ3n) is 6.34. The van der Waals surface area contributed by atoms with Crippen LogP contribution in [0.3, 0.4) is 0 Å². The molecule has 2 aromatic carbocycles. The maximum Gasteiger partial charge on any atom is 1.00 e. The normalized spacial score (nSPS) is 17.1. The summed E-state index contributed by atoms with van der Waals surface area (Å²) in [5.41, 5.74) is 2.85. The molecule has 1 N–H and O–H groups in total. The van der Waals surface area contributed by atoms with Gasteiger partial charge < -0.3 is 24.4 Å². The Morgan fingerprint density at radius 1 is 1.20 bits per heavy atom. The summed E-state index contributed by atoms with van der Waals surface area (Å²) in [6, 6.07) is 12.7. The SMILES string of the molecule is Cc1c(-c2cc(C(=O)[O-])c3c(OC4CC(=O)NC(C)(C)C4)ccc(C)c3n2)oc2ccccc12.[Na+]. The van der Waals surface area contributed by atoms with Crippen molar-refractivity contribution in [3.05, 3.63) is 59.2 Å². The molecule has 0 bridgehead atoms. The van der Waals surface area contributed by atoms with E-state index in [1.54, 1.807) is 6.07 Å². The van der Waals surface area contributed by atoms with Gasteiger partial charge in [-0.25, -0.2) is 4.98 Å². The molecule has 1 fully saturated rings. The average Bonchev–Trinajstić information content (AvgIpc) is 3.10. The first-order valence-electron chi connectivity index (χ1n) is 11.2. The second-order valence-electron chi connectivity index (χ2n) is 9.58. The summed E-state index contributed by atoms with van der Waals surface area (Å²) >= 11 is 0. The molecule has 0 saturated carbocycles. The Hall–Kier alpha value is -2.87. The number of hydrogen-bond donors (Lipinski definition) is 1. The van der Waals surface area contributed by atoms with Gasteiger partial charge >= 0.3 is 29.6 Å². The van der Waals surface area contributed by atoms with E-state index >= 15 is 0 Å². The third kappa shape index (κ3) is 4.68. The van der Waals surface area contributed by atoms with Gasteiger partial charge in [-0.05, 0) is 51.5 Å². The van der Waals surface area contributed by atoms with Crippen molar-refractivity contribution in [1.29, 1.82) is 0 Å². The number of carboxylic acids is 1. The van der Waals surface area contributed by atoms with E-state index in [2.05, 4.69) is 5.32 Å². The number of fused-ring (bicyclic) bond motifs is 2. The number of aromatic nitrogens is 1. The fourth-order valence-corrected chi connectivity index (χ4v) is 4.83. The van der Waals surface area contributed by atoms with E-state index in [9.17, 15) is 14.7 Å². The van der Waals surface area contributed by atoms with Gasteiger partial charge in [-0.3, -0.25) is 4.79 Å². The molecular formula is C27H25N2NaO5. The average molecular weight is 480 g/mol. The quantitative estimate of drug-likeness (QED) is 0.438. The number of benzene rings is 2. The Kier molecular flexibility index (Phi) is 6.70. The predicted molar refractivity (Wildman–Crippen MR) is 127 cm³/mol. The summed E-state index contributed by atoms with van der Waals surface area (Å²) in [4.78, 5) is 29.2. The van der Waals surface area contributed by atoms with Crippen LogP contribution in [0, 0.1) is 13.8 Å². The van der Waals surface area contributed by atoms with E-state index in [-0.39, 0.29) is 53.6 Å². The van der Waals surface area contributed by atoms with Crippen molar-refractivity contribution in [3.8, 4) is 17.2 Å². The smallest absolute Gasteiger partial charge is 0.545 e. The van der Waals surface area contributed by atoms with Crippen LogP contribution in [0.1, 0.15) is 48.2 Å². The van der Waals surface area contributed by atoms with Gasteiger partial charge in [-0.15, -0.1) is 0 Å². The fourth-order valence-electron chi connectivity index (χ4n) is 4.83. The van der Waals surface area contributed by atoms with Crippen LogP contribution in [0.5, 0.6) is 5.75 Å². The van der Waals surface area contributed by atoms with Crippen molar-refractivity contribution in [2.75, 3.05) is 0 Å². The number of hydrogen-bond acceptors (Lipinski definition) is 6. The van der Waals surface area contributed by atoms with Gasteiger partial charge in [0.25, 0.3) is 0 Å². The van der Waals surface area contributed by atoms with Crippen LogP contribution in [0.4, 0.5) is 0 Å². The predicted octanol–water partition coefficient (Wildman–Crippen LogP) is 1.07. The zero-order chi connectivity index (χ0) is 24.2. The summed E-state index contributed by atoms with van der Waals surface area (Å²) in [6.45, 7) is 7.66. The van der Waals surface area contributed by atoms with Gasteiger partial charge in [0, 0.05) is 28.5 Å². The minimum atomic E-state index is -1.33. The van der Waals surface area contributed by atoms with Gasteiger partial charge in [0.1, 0.15) is 23.1 Å². The van der Waals surface area contributed by atoms with Crippen molar-refractivity contribution in [1.82, 2.24) is 10.3 Å². The largest absolute Gasteiger partial charge is 1.00 e. The number of ether oxygens (including phenoxy) is 1. The summed E-state index contributed by atoms with van der Waals surface area (Å²) in [6.07, 6.45) is 0.406. The number of carbonyl (C=O) groups is 2. The molecule has 4 aromatic rings. The van der Waals surface area contributed by atoms with Crippen molar-refractivity contribution < 1.29 is 53.4 Å². The van der Waals surface area contributed by atoms with Crippen molar-refractivity contribution >= 4 is 33.7 Å². The van der Waals surface area contributed by atoms with Gasteiger partial charge in [0.2, 0.25) is 5.91 Å². The zero-order valence-electron chi connectivity index (χ0n) is 20.5. The van der Waals surface area contributed by atoms with Crippen LogP contribution in [-0.2, 0) is 4.79 Å². The van der Waals surface area contributed by atoms with Gasteiger partial charge in [-0.2, -0.15) is 0 Å². The maximum absolute atomic E-state index is 12.3. The van der Waals surface area contributed by atoms with Crippen molar-refractivity contribution in [2.24, 2.45) is 0 Å². The van der Waals surface area contributed by atoms with Gasteiger partial charge in [0.05, 0.1) is 23.3 Å². The summed E-state index contributed by atoms with van der Waals surface area (Å²) in [5.74, 6) is -0.546. The topological polar surface area (TPSA) is 104 Å². The number of pyridine rings is 1. The molecule has 1 aliphatic heterocycles. The van der Waals surface area contributed by atoms with E-state index in [0.29, 0.717) is 40.1 Å². The Labute approximate surface area is 225 Å². The standard InChI is InChI=1S/C27H26N2O5.Na/c1-14-9-10-21(33-16-11-22(30)29-27(3,4)13-16)23-18(26(31)32)12-19(28-24(14)23)25-15(2)17-7-5-6-8-20(17)34-25;/h5-10,12,16H,11,13H2,1-4H3,(H,29,30)(H,31,32);/q;+1/p-1. The molecule has 0 spiro atoms. The number of para-hydroxylation sites is 1. The molecule has 3 heterocycles. The van der Waals surface area contributed by atoms with Crippen molar-refractivity contribution in [3.63, 3.8) is 0 Å². The molecule has 0 aliphatic carbocycles. The van der Waals surface area contributed by atoms with E-state index in [0.717, 1.165) is 16.5 Å². The van der Waals surface area contributed by atoms with Crippen LogP contribution in [-0.4, -0.2) is 28.5 Å². The molecule has 1 unspecified atom stereocenters. The molecule has 1 saturated heterocycles. The van der Waals surface area contributed by atoms with Crippen molar-refractivity contribution in [2.45, 2.75) is 52.2 Å². The number of amides is 1. The molecule has 5 rings (SSSR count). The summed E-state index contributed by atoms with van der Waals surface area (Å²) in [7, 11) is 0. The first-order valence-corrected chi connectivity index (χ1v) is 11.2. The number of nitrogens with zero attached hydrogens (tertiary/aromatic N) is 1. The zero-order valence-corrected chi connectivity index (χ0v) is 22.5. The van der Waals surface area contributed by atoms with E-state index < -0.39 is 11.5 Å². The number of furan rings is 1. The number of nitrogens with one attached hydrogen (secondary N) is 1. The Morgan fingerprint density at radius 3 is 2.63 bits per heavy atom. The molecule has 8 heteroatoms. The number of aryl methyl sites for hydroxylation is 2. The molecule has 1 aliphatic rings. The molecule has 7 nitrogen and oxygen atoms in total. The molecule has 1 atom stereocenters. The fraction of sp³-hybridized carbons (Fsp3) is 0.296.